The standard InChI is InChI=1S/C21H25N3O4/c1-15-2-4-16(5-3-15)20(23-21(27)22-14-26)13-24-11-17-6-7-19(28-9-8-25)10-18(17)12-24/h2-7,10,14,20,25H,8-9,11-13H2,1H3,(H2,22,23,26,27)/t20-/m0/s1. The van der Waals surface area contributed by atoms with E-state index < -0.39 is 6.03 Å². The van der Waals surface area contributed by atoms with Crippen LogP contribution < -0.4 is 15.4 Å². The van der Waals surface area contributed by atoms with E-state index in [2.05, 4.69) is 15.5 Å². The van der Waals surface area contributed by atoms with Gasteiger partial charge in [-0.25, -0.2) is 4.79 Å². The predicted molar refractivity (Wildman–Crippen MR) is 105 cm³/mol. The van der Waals surface area contributed by atoms with Gasteiger partial charge in [-0.3, -0.25) is 15.0 Å². The molecule has 2 aromatic rings. The highest BCUT2D eigenvalue weighted by Crippen LogP contribution is 2.28. The van der Waals surface area contributed by atoms with E-state index in [4.69, 9.17) is 9.84 Å². The van der Waals surface area contributed by atoms with E-state index >= 15 is 0 Å². The summed E-state index contributed by atoms with van der Waals surface area (Å²) in [5.41, 5.74) is 4.52. The molecule has 3 N–H and O–H groups in total. The van der Waals surface area contributed by atoms with E-state index in [1.165, 1.54) is 11.1 Å². The molecule has 0 fully saturated rings. The van der Waals surface area contributed by atoms with Crippen LogP contribution in [0.1, 0.15) is 28.3 Å². The van der Waals surface area contributed by atoms with Crippen LogP contribution in [0.15, 0.2) is 42.5 Å². The van der Waals surface area contributed by atoms with Gasteiger partial charge in [-0.15, -0.1) is 0 Å². The second-order valence-corrected chi connectivity index (χ2v) is 6.87. The number of rotatable bonds is 8. The van der Waals surface area contributed by atoms with Crippen LogP contribution in [-0.4, -0.2) is 42.2 Å². The highest BCUT2D eigenvalue weighted by Gasteiger charge is 2.24. The minimum absolute atomic E-state index is 0.0179. The number of imide groups is 1. The molecule has 1 heterocycles. The van der Waals surface area contributed by atoms with Crippen molar-refractivity contribution in [1.82, 2.24) is 15.5 Å². The number of nitrogens with zero attached hydrogens (tertiary/aromatic N) is 1. The Kier molecular flexibility index (Phi) is 6.62. The summed E-state index contributed by atoms with van der Waals surface area (Å²) in [6, 6.07) is 13.2. The molecule has 0 aliphatic carbocycles. The van der Waals surface area contributed by atoms with E-state index in [0.717, 1.165) is 30.0 Å². The maximum atomic E-state index is 11.9. The molecule has 1 aliphatic heterocycles. The van der Waals surface area contributed by atoms with Crippen LogP contribution >= 0.6 is 0 Å². The molecule has 0 unspecified atom stereocenters. The number of benzene rings is 2. The number of nitrogens with one attached hydrogen (secondary N) is 2. The first kappa shape index (κ1) is 19.9. The zero-order valence-corrected chi connectivity index (χ0v) is 15.9. The number of hydrogen-bond acceptors (Lipinski definition) is 5. The lowest BCUT2D eigenvalue weighted by atomic mass is 10.0. The third-order valence-electron chi connectivity index (χ3n) is 4.74. The van der Waals surface area contributed by atoms with Crippen molar-refractivity contribution in [2.75, 3.05) is 19.8 Å². The lowest BCUT2D eigenvalue weighted by Gasteiger charge is -2.25. The van der Waals surface area contributed by atoms with Gasteiger partial charge in [0, 0.05) is 19.6 Å². The summed E-state index contributed by atoms with van der Waals surface area (Å²) in [7, 11) is 0. The Hall–Kier alpha value is -2.90. The van der Waals surface area contributed by atoms with Crippen molar-refractivity contribution < 1.29 is 19.4 Å². The largest absolute Gasteiger partial charge is 0.491 e. The molecular formula is C21H25N3O4. The van der Waals surface area contributed by atoms with Crippen LogP contribution in [-0.2, 0) is 17.9 Å². The van der Waals surface area contributed by atoms with Gasteiger partial charge in [0.2, 0.25) is 6.41 Å². The molecule has 1 aliphatic rings. The molecule has 0 spiro atoms. The summed E-state index contributed by atoms with van der Waals surface area (Å²) in [5, 5.41) is 13.9. The maximum Gasteiger partial charge on any atom is 0.321 e. The Bertz CT molecular complexity index is 823. The molecule has 0 bridgehead atoms. The molecule has 148 valence electrons. The van der Waals surface area contributed by atoms with Crippen molar-refractivity contribution in [2.45, 2.75) is 26.1 Å². The van der Waals surface area contributed by atoms with Gasteiger partial charge in [-0.05, 0) is 35.7 Å². The van der Waals surface area contributed by atoms with Crippen molar-refractivity contribution in [3.63, 3.8) is 0 Å². The number of amides is 3. The second kappa shape index (κ2) is 9.34. The summed E-state index contributed by atoms with van der Waals surface area (Å²) < 4.78 is 5.49. The van der Waals surface area contributed by atoms with Crippen LogP contribution in [0.25, 0.3) is 0 Å². The average molecular weight is 383 g/mol. The smallest absolute Gasteiger partial charge is 0.321 e. The highest BCUT2D eigenvalue weighted by molar-refractivity contribution is 5.84. The Labute approximate surface area is 164 Å². The first-order valence-electron chi connectivity index (χ1n) is 9.24. The topological polar surface area (TPSA) is 90.9 Å². The summed E-state index contributed by atoms with van der Waals surface area (Å²) in [6.45, 7) is 4.39. The fraction of sp³-hybridized carbons (Fsp3) is 0.333. The van der Waals surface area contributed by atoms with Gasteiger partial charge in [0.15, 0.2) is 0 Å². The number of ether oxygens (including phenoxy) is 1. The molecule has 7 heteroatoms. The van der Waals surface area contributed by atoms with Gasteiger partial charge in [-0.1, -0.05) is 35.9 Å². The van der Waals surface area contributed by atoms with Crippen molar-refractivity contribution in [2.24, 2.45) is 0 Å². The van der Waals surface area contributed by atoms with Crippen molar-refractivity contribution >= 4 is 12.4 Å². The van der Waals surface area contributed by atoms with E-state index in [1.54, 1.807) is 0 Å². The summed E-state index contributed by atoms with van der Waals surface area (Å²) >= 11 is 0. The lowest BCUT2D eigenvalue weighted by molar-refractivity contribution is -0.108. The molecule has 0 aromatic heterocycles. The zero-order valence-electron chi connectivity index (χ0n) is 15.9. The average Bonchev–Trinajstić information content (AvgIpc) is 3.08. The van der Waals surface area contributed by atoms with Crippen LogP contribution in [0.5, 0.6) is 5.75 Å². The summed E-state index contributed by atoms with van der Waals surface area (Å²) in [4.78, 5) is 24.7. The molecule has 3 rings (SSSR count). The second-order valence-electron chi connectivity index (χ2n) is 6.87. The molecule has 28 heavy (non-hydrogen) atoms. The van der Waals surface area contributed by atoms with Crippen molar-refractivity contribution in [3.8, 4) is 5.75 Å². The van der Waals surface area contributed by atoms with Crippen LogP contribution in [0.4, 0.5) is 4.79 Å². The number of aryl methyl sites for hydroxylation is 1. The minimum Gasteiger partial charge on any atom is -0.491 e. The number of fused-ring (bicyclic) bond motifs is 1. The van der Waals surface area contributed by atoms with Crippen LogP contribution in [0.3, 0.4) is 0 Å². The van der Waals surface area contributed by atoms with E-state index in [-0.39, 0.29) is 19.3 Å². The molecule has 0 saturated heterocycles. The number of hydrogen-bond donors (Lipinski definition) is 3. The lowest BCUT2D eigenvalue weighted by Crippen LogP contribution is -2.41. The molecule has 2 aromatic carbocycles. The summed E-state index contributed by atoms with van der Waals surface area (Å²) in [5.74, 6) is 0.744. The monoisotopic (exact) mass is 383 g/mol. The Morgan fingerprint density at radius 1 is 1.21 bits per heavy atom. The molecule has 1 atom stereocenters. The van der Waals surface area contributed by atoms with Crippen LogP contribution in [0.2, 0.25) is 0 Å². The van der Waals surface area contributed by atoms with E-state index in [1.807, 2.05) is 49.4 Å². The highest BCUT2D eigenvalue weighted by atomic mass is 16.5. The normalized spacial score (nSPS) is 14.2. The Morgan fingerprint density at radius 2 is 1.96 bits per heavy atom. The van der Waals surface area contributed by atoms with Crippen molar-refractivity contribution in [1.29, 1.82) is 0 Å². The van der Waals surface area contributed by atoms with Gasteiger partial charge in [0.25, 0.3) is 0 Å². The van der Waals surface area contributed by atoms with Crippen LogP contribution in [0, 0.1) is 6.92 Å². The molecular weight excluding hydrogens is 358 g/mol. The van der Waals surface area contributed by atoms with E-state index in [9.17, 15) is 9.59 Å². The number of carbonyl (C=O) groups is 2. The van der Waals surface area contributed by atoms with Gasteiger partial charge in [0.1, 0.15) is 12.4 Å². The number of urea groups is 1. The number of aliphatic hydroxyl groups excluding tert-OH is 1. The minimum atomic E-state index is -0.517. The van der Waals surface area contributed by atoms with Gasteiger partial charge in [-0.2, -0.15) is 0 Å². The summed E-state index contributed by atoms with van der Waals surface area (Å²) in [6.07, 6.45) is 0.376. The third kappa shape index (κ3) is 5.09. The molecule has 0 radical (unpaired) electrons. The molecule has 7 nitrogen and oxygen atoms in total. The van der Waals surface area contributed by atoms with Gasteiger partial charge in [0.05, 0.1) is 12.6 Å². The molecule has 0 saturated carbocycles. The number of carbonyl (C=O) groups excluding carboxylic acids is 2. The maximum absolute atomic E-state index is 11.9. The van der Waals surface area contributed by atoms with E-state index in [0.29, 0.717) is 13.0 Å². The SMILES string of the molecule is Cc1ccc([C@H](CN2Cc3ccc(OCCO)cc3C2)NC(=O)NC=O)cc1. The zero-order chi connectivity index (χ0) is 19.9. The fourth-order valence-electron chi connectivity index (χ4n) is 3.37. The first-order valence-corrected chi connectivity index (χ1v) is 9.24. The Morgan fingerprint density at radius 3 is 2.68 bits per heavy atom. The number of aliphatic hydroxyl groups is 1. The molecule has 3 amide bonds. The first-order chi connectivity index (χ1) is 13.6. The quantitative estimate of drug-likeness (QED) is 0.606. The predicted octanol–water partition coefficient (Wildman–Crippen LogP) is 1.88. The van der Waals surface area contributed by atoms with Gasteiger partial charge >= 0.3 is 6.03 Å². The van der Waals surface area contributed by atoms with Crippen molar-refractivity contribution in [3.05, 3.63) is 64.7 Å². The fourth-order valence-corrected chi connectivity index (χ4v) is 3.37. The Balaban J connectivity index is 1.70. The van der Waals surface area contributed by atoms with Gasteiger partial charge < -0.3 is 15.2 Å². The third-order valence-corrected chi connectivity index (χ3v) is 4.74.